The van der Waals surface area contributed by atoms with Crippen LogP contribution in [0, 0.1) is 11.3 Å². The average molecular weight is 248 g/mol. The number of carbonyl (C=O) groups excluding carboxylic acids is 2. The summed E-state index contributed by atoms with van der Waals surface area (Å²) in [5, 5.41) is 9.07. The molecule has 0 unspecified atom stereocenters. The lowest BCUT2D eigenvalue weighted by atomic mass is 9.81. The molecule has 0 heterocycles. The molecule has 2 N–H and O–H groups in total. The molecule has 0 saturated heterocycles. The number of nitrogens with two attached hydrogens (primary N) is 1. The monoisotopic (exact) mass is 248 g/mol. The Labute approximate surface area is 109 Å². The summed E-state index contributed by atoms with van der Waals surface area (Å²) in [5.74, 6) is -0.631. The maximum absolute atomic E-state index is 12.5. The molecule has 0 saturated carbocycles. The highest BCUT2D eigenvalue weighted by molar-refractivity contribution is 6.30. The van der Waals surface area contributed by atoms with E-state index in [1.165, 1.54) is 6.07 Å². The van der Waals surface area contributed by atoms with Crippen molar-refractivity contribution >= 4 is 17.3 Å². The molecule has 2 aromatic carbocycles. The summed E-state index contributed by atoms with van der Waals surface area (Å²) in [6.45, 7) is 0. The minimum atomic E-state index is -0.361. The molecule has 0 radical (unpaired) electrons. The number of hydrogen-bond acceptors (Lipinski definition) is 4. The summed E-state index contributed by atoms with van der Waals surface area (Å²) < 4.78 is 0. The van der Waals surface area contributed by atoms with Gasteiger partial charge in [-0.05, 0) is 12.1 Å². The van der Waals surface area contributed by atoms with Gasteiger partial charge in [0.25, 0.3) is 0 Å². The van der Waals surface area contributed by atoms with Crippen molar-refractivity contribution in [3.05, 3.63) is 64.2 Å². The summed E-state index contributed by atoms with van der Waals surface area (Å²) in [5.41, 5.74) is 7.16. The highest BCUT2D eigenvalue weighted by Gasteiger charge is 2.32. The Bertz CT molecular complexity index is 785. The molecule has 3 rings (SSSR count). The van der Waals surface area contributed by atoms with E-state index < -0.39 is 0 Å². The van der Waals surface area contributed by atoms with E-state index in [-0.39, 0.29) is 39.5 Å². The molecular formula is C15H8N2O2. The van der Waals surface area contributed by atoms with Gasteiger partial charge in [0.2, 0.25) is 0 Å². The predicted molar refractivity (Wildman–Crippen MR) is 68.9 cm³/mol. The normalized spacial score (nSPS) is 12.6. The Hall–Kier alpha value is -2.93. The first-order valence-electron chi connectivity index (χ1n) is 5.66. The molecule has 0 aliphatic heterocycles. The number of hydrogen-bond donors (Lipinski definition) is 1. The smallest absolute Gasteiger partial charge is 0.197 e. The van der Waals surface area contributed by atoms with Gasteiger partial charge in [0.15, 0.2) is 11.6 Å². The van der Waals surface area contributed by atoms with E-state index >= 15 is 0 Å². The first-order chi connectivity index (χ1) is 9.15. The van der Waals surface area contributed by atoms with Crippen LogP contribution in [0.4, 0.5) is 5.69 Å². The van der Waals surface area contributed by atoms with Crippen LogP contribution in [0.15, 0.2) is 36.4 Å². The van der Waals surface area contributed by atoms with E-state index in [0.717, 1.165) is 0 Å². The van der Waals surface area contributed by atoms with Gasteiger partial charge in [-0.25, -0.2) is 0 Å². The predicted octanol–water partition coefficient (Wildman–Crippen LogP) is 1.92. The lowest BCUT2D eigenvalue weighted by molar-refractivity contribution is 0.0979. The second-order valence-electron chi connectivity index (χ2n) is 4.27. The second-order valence-corrected chi connectivity index (χ2v) is 4.27. The van der Waals surface area contributed by atoms with Crippen LogP contribution >= 0.6 is 0 Å². The molecule has 19 heavy (non-hydrogen) atoms. The minimum absolute atomic E-state index is 0.153. The summed E-state index contributed by atoms with van der Waals surface area (Å²) in [6, 6.07) is 11.4. The molecule has 0 fully saturated rings. The summed E-state index contributed by atoms with van der Waals surface area (Å²) in [4.78, 5) is 24.8. The van der Waals surface area contributed by atoms with Crippen LogP contribution < -0.4 is 5.73 Å². The van der Waals surface area contributed by atoms with E-state index in [1.807, 2.05) is 6.07 Å². The van der Waals surface area contributed by atoms with Crippen LogP contribution in [0.2, 0.25) is 0 Å². The molecular weight excluding hydrogens is 240 g/mol. The van der Waals surface area contributed by atoms with Crippen LogP contribution in [0.5, 0.6) is 0 Å². The number of fused-ring (bicyclic) bond motifs is 2. The number of benzene rings is 2. The molecule has 0 aromatic heterocycles. The van der Waals surface area contributed by atoms with Crippen molar-refractivity contribution in [3.63, 3.8) is 0 Å². The fourth-order valence-electron chi connectivity index (χ4n) is 2.36. The molecule has 0 atom stereocenters. The van der Waals surface area contributed by atoms with Gasteiger partial charge in [-0.3, -0.25) is 9.59 Å². The minimum Gasteiger partial charge on any atom is -0.398 e. The topological polar surface area (TPSA) is 83.9 Å². The van der Waals surface area contributed by atoms with Gasteiger partial charge in [0.1, 0.15) is 0 Å². The summed E-state index contributed by atoms with van der Waals surface area (Å²) in [7, 11) is 0. The van der Waals surface area contributed by atoms with Crippen LogP contribution in [0.1, 0.15) is 37.4 Å². The van der Waals surface area contributed by atoms with Crippen molar-refractivity contribution in [1.29, 1.82) is 5.26 Å². The Morgan fingerprint density at radius 2 is 1.53 bits per heavy atom. The van der Waals surface area contributed by atoms with Crippen LogP contribution in [0.3, 0.4) is 0 Å². The zero-order valence-corrected chi connectivity index (χ0v) is 9.81. The van der Waals surface area contributed by atoms with E-state index in [2.05, 4.69) is 0 Å². The van der Waals surface area contributed by atoms with Crippen LogP contribution in [-0.2, 0) is 0 Å². The number of rotatable bonds is 0. The number of carbonyl (C=O) groups is 2. The SMILES string of the molecule is N#Cc1cccc2c1C(=O)c1c(N)cccc1C2=O. The molecule has 0 spiro atoms. The summed E-state index contributed by atoms with van der Waals surface area (Å²) >= 11 is 0. The second kappa shape index (κ2) is 3.79. The van der Waals surface area contributed by atoms with Crippen molar-refractivity contribution in [2.24, 2.45) is 0 Å². The Balaban J connectivity index is 2.41. The third-order valence-electron chi connectivity index (χ3n) is 3.22. The fourth-order valence-corrected chi connectivity index (χ4v) is 2.36. The van der Waals surface area contributed by atoms with Crippen molar-refractivity contribution in [1.82, 2.24) is 0 Å². The number of nitrogen functional groups attached to an aromatic ring is 1. The Morgan fingerprint density at radius 1 is 0.895 bits per heavy atom. The fraction of sp³-hybridized carbons (Fsp3) is 0. The van der Waals surface area contributed by atoms with Gasteiger partial charge in [-0.15, -0.1) is 0 Å². The summed E-state index contributed by atoms with van der Waals surface area (Å²) in [6.07, 6.45) is 0. The van der Waals surface area contributed by atoms with E-state index in [4.69, 9.17) is 11.0 Å². The quantitative estimate of drug-likeness (QED) is 0.616. The van der Waals surface area contributed by atoms with Gasteiger partial charge >= 0.3 is 0 Å². The van der Waals surface area contributed by atoms with Gasteiger partial charge in [-0.2, -0.15) is 5.26 Å². The zero-order chi connectivity index (χ0) is 13.6. The molecule has 0 amide bonds. The number of anilines is 1. The molecule has 90 valence electrons. The third-order valence-corrected chi connectivity index (χ3v) is 3.22. The Kier molecular flexibility index (Phi) is 2.23. The van der Waals surface area contributed by atoms with Gasteiger partial charge in [-0.1, -0.05) is 24.3 Å². The largest absolute Gasteiger partial charge is 0.398 e. The molecule has 0 bridgehead atoms. The van der Waals surface area contributed by atoms with Crippen molar-refractivity contribution in [2.45, 2.75) is 0 Å². The first-order valence-corrected chi connectivity index (χ1v) is 5.66. The maximum Gasteiger partial charge on any atom is 0.197 e. The highest BCUT2D eigenvalue weighted by Crippen LogP contribution is 2.32. The van der Waals surface area contributed by atoms with Gasteiger partial charge in [0, 0.05) is 16.8 Å². The molecule has 1 aliphatic rings. The highest BCUT2D eigenvalue weighted by atomic mass is 16.1. The van der Waals surface area contributed by atoms with Crippen molar-refractivity contribution < 1.29 is 9.59 Å². The zero-order valence-electron chi connectivity index (χ0n) is 9.81. The van der Waals surface area contributed by atoms with E-state index in [1.54, 1.807) is 30.3 Å². The number of ketones is 2. The Morgan fingerprint density at radius 3 is 2.21 bits per heavy atom. The molecule has 4 heteroatoms. The van der Waals surface area contributed by atoms with Crippen LogP contribution in [0.25, 0.3) is 0 Å². The first kappa shape index (κ1) is 11.2. The molecule has 1 aliphatic carbocycles. The maximum atomic E-state index is 12.5. The van der Waals surface area contributed by atoms with Gasteiger partial charge < -0.3 is 5.73 Å². The molecule has 2 aromatic rings. The van der Waals surface area contributed by atoms with Crippen molar-refractivity contribution in [2.75, 3.05) is 5.73 Å². The van der Waals surface area contributed by atoms with E-state index in [0.29, 0.717) is 5.56 Å². The number of nitrogens with zero attached hydrogens (tertiary/aromatic N) is 1. The average Bonchev–Trinajstić information content (AvgIpc) is 2.43. The van der Waals surface area contributed by atoms with Crippen molar-refractivity contribution in [3.8, 4) is 6.07 Å². The third kappa shape index (κ3) is 1.39. The van der Waals surface area contributed by atoms with E-state index in [9.17, 15) is 9.59 Å². The van der Waals surface area contributed by atoms with Gasteiger partial charge in [0.05, 0.1) is 22.8 Å². The van der Waals surface area contributed by atoms with Crippen LogP contribution in [-0.4, -0.2) is 11.6 Å². The lowest BCUT2D eigenvalue weighted by Crippen LogP contribution is -2.23. The lowest BCUT2D eigenvalue weighted by Gasteiger charge is -2.19. The molecule has 4 nitrogen and oxygen atoms in total. The number of nitriles is 1. The standard InChI is InChI=1S/C15H8N2O2/c16-7-8-3-1-4-9-12(8)15(19)13-10(14(9)18)5-2-6-11(13)17/h1-6H,17H2.